The number of hydrogen-bond acceptors (Lipinski definition) is 7. The maximum atomic E-state index is 13.2. The summed E-state index contributed by atoms with van der Waals surface area (Å²) in [4.78, 5) is 24.0. The monoisotopic (exact) mass is 379 g/mol. The van der Waals surface area contributed by atoms with Crippen molar-refractivity contribution in [2.45, 2.75) is 44.7 Å². The zero-order valence-corrected chi connectivity index (χ0v) is 15.5. The van der Waals surface area contributed by atoms with E-state index in [4.69, 9.17) is 0 Å². The van der Waals surface area contributed by atoms with Crippen molar-refractivity contribution in [2.75, 3.05) is 13.1 Å². The maximum absolute atomic E-state index is 13.2. The van der Waals surface area contributed by atoms with Crippen molar-refractivity contribution in [3.05, 3.63) is 36.2 Å². The average molecular weight is 379 g/mol. The normalized spacial score (nSPS) is 19.4. The minimum absolute atomic E-state index is 0.108. The molecular weight excluding hydrogens is 358 g/mol. The molecule has 0 saturated heterocycles. The zero-order chi connectivity index (χ0) is 18.9. The first kappa shape index (κ1) is 17.0. The lowest BCUT2D eigenvalue weighted by molar-refractivity contribution is -0.133. The van der Waals surface area contributed by atoms with E-state index < -0.39 is 0 Å². The number of fused-ring (bicyclic) bond motifs is 2. The van der Waals surface area contributed by atoms with Gasteiger partial charge in [-0.1, -0.05) is 6.42 Å². The van der Waals surface area contributed by atoms with Crippen LogP contribution in [0, 0.1) is 0 Å². The molecule has 5 rings (SSSR count). The first-order chi connectivity index (χ1) is 13.8. The topological polar surface area (TPSA) is 108 Å². The highest BCUT2D eigenvalue weighted by Gasteiger charge is 2.32. The van der Waals surface area contributed by atoms with Gasteiger partial charge in [0.15, 0.2) is 11.6 Å². The first-order valence-corrected chi connectivity index (χ1v) is 9.68. The Morgan fingerprint density at radius 1 is 1.11 bits per heavy atom. The fraction of sp³-hybridized carbons (Fsp3) is 0.500. The first-order valence-electron chi connectivity index (χ1n) is 9.68. The lowest BCUT2D eigenvalue weighted by atomic mass is 10.0. The number of amides is 1. The molecule has 0 bridgehead atoms. The van der Waals surface area contributed by atoms with Crippen LogP contribution < -0.4 is 0 Å². The van der Waals surface area contributed by atoms with Gasteiger partial charge in [0, 0.05) is 44.0 Å². The highest BCUT2D eigenvalue weighted by Crippen LogP contribution is 2.27. The van der Waals surface area contributed by atoms with Gasteiger partial charge in [-0.25, -0.2) is 14.3 Å². The predicted molar refractivity (Wildman–Crippen MR) is 97.9 cm³/mol. The summed E-state index contributed by atoms with van der Waals surface area (Å²) in [5.74, 6) is 2.13. The second-order valence-corrected chi connectivity index (χ2v) is 7.20. The van der Waals surface area contributed by atoms with E-state index in [2.05, 4.69) is 30.6 Å². The molecule has 3 aromatic heterocycles. The molecule has 1 amide bonds. The molecular formula is C18H21N9O. The highest BCUT2D eigenvalue weighted by molar-refractivity contribution is 5.83. The van der Waals surface area contributed by atoms with Crippen molar-refractivity contribution in [2.24, 2.45) is 0 Å². The van der Waals surface area contributed by atoms with Gasteiger partial charge in [-0.05, 0) is 35.4 Å². The Balaban J connectivity index is 1.33. The molecule has 1 unspecified atom stereocenters. The van der Waals surface area contributed by atoms with Crippen LogP contribution >= 0.6 is 0 Å². The average Bonchev–Trinajstić information content (AvgIpc) is 3.25. The van der Waals surface area contributed by atoms with Crippen LogP contribution in [-0.2, 0) is 24.3 Å². The van der Waals surface area contributed by atoms with Crippen molar-refractivity contribution in [1.82, 2.24) is 44.9 Å². The van der Waals surface area contributed by atoms with Gasteiger partial charge < -0.3 is 4.90 Å². The third-order valence-corrected chi connectivity index (χ3v) is 5.45. The Morgan fingerprint density at radius 2 is 2.07 bits per heavy atom. The van der Waals surface area contributed by atoms with Crippen molar-refractivity contribution in [1.29, 1.82) is 0 Å². The standard InChI is InChI=1S/C18H21N9O/c28-18(14-5-1-2-8-27-17(14)21-23-24-27)25-9-6-15-20-16(22-26(15)11-10-25)13-4-3-7-19-12-13/h3-4,7,12,14H,1-2,5-6,8-11H2. The zero-order valence-electron chi connectivity index (χ0n) is 15.5. The third-order valence-electron chi connectivity index (χ3n) is 5.45. The van der Waals surface area contributed by atoms with Gasteiger partial charge in [-0.3, -0.25) is 9.78 Å². The molecule has 0 fully saturated rings. The molecule has 0 saturated carbocycles. The van der Waals surface area contributed by atoms with E-state index in [-0.39, 0.29) is 11.8 Å². The second-order valence-electron chi connectivity index (χ2n) is 7.20. The summed E-state index contributed by atoms with van der Waals surface area (Å²) in [6.45, 7) is 2.65. The largest absolute Gasteiger partial charge is 0.340 e. The molecule has 5 heterocycles. The van der Waals surface area contributed by atoms with Gasteiger partial charge in [-0.15, -0.1) is 5.10 Å². The van der Waals surface area contributed by atoms with E-state index >= 15 is 0 Å². The van der Waals surface area contributed by atoms with Crippen LogP contribution in [0.2, 0.25) is 0 Å². The number of hydrogen-bond donors (Lipinski definition) is 0. The van der Waals surface area contributed by atoms with Crippen LogP contribution in [0.3, 0.4) is 0 Å². The molecule has 10 heteroatoms. The number of pyridine rings is 1. The summed E-state index contributed by atoms with van der Waals surface area (Å²) in [7, 11) is 0. The lowest BCUT2D eigenvalue weighted by Crippen LogP contribution is -2.38. The Kier molecular flexibility index (Phi) is 4.30. The summed E-state index contributed by atoms with van der Waals surface area (Å²) in [6, 6.07) is 3.83. The number of nitrogens with zero attached hydrogens (tertiary/aromatic N) is 9. The van der Waals surface area contributed by atoms with Gasteiger partial charge in [0.05, 0.1) is 12.5 Å². The van der Waals surface area contributed by atoms with Gasteiger partial charge in [0.25, 0.3) is 0 Å². The number of rotatable bonds is 2. The summed E-state index contributed by atoms with van der Waals surface area (Å²) in [5.41, 5.74) is 0.904. The fourth-order valence-corrected chi connectivity index (χ4v) is 3.95. The van der Waals surface area contributed by atoms with Crippen molar-refractivity contribution in [3.8, 4) is 11.4 Å². The molecule has 0 radical (unpaired) electrons. The summed E-state index contributed by atoms with van der Waals surface area (Å²) in [5, 5.41) is 16.6. The third kappa shape index (κ3) is 3.04. The number of carbonyl (C=O) groups excluding carboxylic acids is 1. The lowest BCUT2D eigenvalue weighted by Gasteiger charge is -2.24. The quantitative estimate of drug-likeness (QED) is 0.644. The van der Waals surface area contributed by atoms with Gasteiger partial charge in [-0.2, -0.15) is 5.10 Å². The predicted octanol–water partition coefficient (Wildman–Crippen LogP) is 0.679. The van der Waals surface area contributed by atoms with Gasteiger partial charge in [0.2, 0.25) is 5.91 Å². The van der Waals surface area contributed by atoms with Crippen LogP contribution in [-0.4, -0.2) is 63.9 Å². The van der Waals surface area contributed by atoms with E-state index in [1.807, 2.05) is 21.7 Å². The van der Waals surface area contributed by atoms with Crippen molar-refractivity contribution >= 4 is 5.91 Å². The van der Waals surface area contributed by atoms with E-state index in [0.29, 0.717) is 37.7 Å². The molecule has 2 aliphatic heterocycles. The maximum Gasteiger partial charge on any atom is 0.233 e. The van der Waals surface area contributed by atoms with Crippen LogP contribution in [0.1, 0.15) is 36.8 Å². The molecule has 3 aromatic rings. The molecule has 144 valence electrons. The SMILES string of the molecule is O=C(C1CCCCn2nnnc21)N1CCc2nc(-c3cccnc3)nn2CC1. The fourth-order valence-electron chi connectivity index (χ4n) is 3.95. The molecule has 10 nitrogen and oxygen atoms in total. The molecule has 0 aromatic carbocycles. The van der Waals surface area contributed by atoms with E-state index in [1.54, 1.807) is 17.1 Å². The van der Waals surface area contributed by atoms with E-state index in [1.165, 1.54) is 0 Å². The number of carbonyl (C=O) groups is 1. The molecule has 28 heavy (non-hydrogen) atoms. The Bertz CT molecular complexity index is 955. The molecule has 0 aliphatic carbocycles. The second kappa shape index (κ2) is 7.10. The summed E-state index contributed by atoms with van der Waals surface area (Å²) in [6.07, 6.45) is 6.96. The number of aryl methyl sites for hydroxylation is 1. The highest BCUT2D eigenvalue weighted by atomic mass is 16.2. The number of aromatic nitrogens is 8. The Labute approximate surface area is 161 Å². The van der Waals surface area contributed by atoms with Crippen LogP contribution in [0.15, 0.2) is 24.5 Å². The number of tetrazole rings is 1. The van der Waals surface area contributed by atoms with Crippen LogP contribution in [0.5, 0.6) is 0 Å². The molecule has 2 aliphatic rings. The van der Waals surface area contributed by atoms with Crippen molar-refractivity contribution in [3.63, 3.8) is 0 Å². The minimum Gasteiger partial charge on any atom is -0.340 e. The van der Waals surface area contributed by atoms with E-state index in [9.17, 15) is 4.79 Å². The van der Waals surface area contributed by atoms with E-state index in [0.717, 1.165) is 37.2 Å². The molecule has 0 spiro atoms. The summed E-state index contributed by atoms with van der Waals surface area (Å²) >= 11 is 0. The molecule has 0 N–H and O–H groups in total. The smallest absolute Gasteiger partial charge is 0.233 e. The summed E-state index contributed by atoms with van der Waals surface area (Å²) < 4.78 is 3.69. The van der Waals surface area contributed by atoms with Gasteiger partial charge in [0.1, 0.15) is 5.82 Å². The minimum atomic E-state index is -0.262. The molecule has 1 atom stereocenters. The Morgan fingerprint density at radius 3 is 2.96 bits per heavy atom. The van der Waals surface area contributed by atoms with Crippen molar-refractivity contribution < 1.29 is 4.79 Å². The Hall–Kier alpha value is -3.17. The van der Waals surface area contributed by atoms with Crippen LogP contribution in [0.4, 0.5) is 0 Å². The van der Waals surface area contributed by atoms with Gasteiger partial charge >= 0.3 is 0 Å². The van der Waals surface area contributed by atoms with Crippen LogP contribution in [0.25, 0.3) is 11.4 Å².